The zero-order valence-corrected chi connectivity index (χ0v) is 12.4. The molecule has 20 heavy (non-hydrogen) atoms. The van der Waals surface area contributed by atoms with Crippen LogP contribution in [0.1, 0.15) is 26.7 Å². The number of hydrogen-bond acceptors (Lipinski definition) is 5. The molecule has 1 N–H and O–H groups in total. The first-order valence-electron chi connectivity index (χ1n) is 7.52. The van der Waals surface area contributed by atoms with Crippen molar-refractivity contribution in [2.24, 2.45) is 0 Å². The monoisotopic (exact) mass is 283 g/mol. The van der Waals surface area contributed by atoms with Crippen LogP contribution in [0.5, 0.6) is 0 Å². The van der Waals surface area contributed by atoms with E-state index in [9.17, 15) is 9.59 Å². The lowest BCUT2D eigenvalue weighted by atomic mass is 10.2. The maximum atomic E-state index is 11.8. The third kappa shape index (κ3) is 3.93. The van der Waals surface area contributed by atoms with Crippen molar-refractivity contribution in [3.8, 4) is 0 Å². The number of carbonyl (C=O) groups excluding carboxylic acids is 2. The van der Waals surface area contributed by atoms with Gasteiger partial charge in [-0.2, -0.15) is 0 Å². The number of rotatable bonds is 5. The highest BCUT2D eigenvalue weighted by molar-refractivity contribution is 5.78. The molecule has 0 aromatic heterocycles. The van der Waals surface area contributed by atoms with Crippen LogP contribution in [0, 0.1) is 0 Å². The molecule has 2 rings (SSSR count). The van der Waals surface area contributed by atoms with E-state index >= 15 is 0 Å². The van der Waals surface area contributed by atoms with Crippen molar-refractivity contribution in [1.29, 1.82) is 0 Å². The minimum absolute atomic E-state index is 0.0638. The van der Waals surface area contributed by atoms with Crippen molar-refractivity contribution in [2.75, 3.05) is 39.3 Å². The molecule has 2 heterocycles. The number of hydrogen-bond donors (Lipinski definition) is 1. The number of nitrogens with zero attached hydrogens (tertiary/aromatic N) is 2. The first-order valence-corrected chi connectivity index (χ1v) is 7.52. The summed E-state index contributed by atoms with van der Waals surface area (Å²) in [6, 6.07) is 0.170. The molecule has 0 unspecified atom stereocenters. The van der Waals surface area contributed by atoms with E-state index < -0.39 is 0 Å². The minimum Gasteiger partial charge on any atom is -0.464 e. The van der Waals surface area contributed by atoms with E-state index in [2.05, 4.69) is 22.0 Å². The highest BCUT2D eigenvalue weighted by Gasteiger charge is 2.34. The van der Waals surface area contributed by atoms with Gasteiger partial charge >= 0.3 is 5.97 Å². The fraction of sp³-hybridized carbons (Fsp3) is 0.857. The molecular weight excluding hydrogens is 258 g/mol. The average Bonchev–Trinajstić information content (AvgIpc) is 2.85. The van der Waals surface area contributed by atoms with Gasteiger partial charge in [-0.3, -0.25) is 19.4 Å². The number of amides is 1. The molecule has 2 fully saturated rings. The summed E-state index contributed by atoms with van der Waals surface area (Å²) in [4.78, 5) is 27.7. The number of carbonyl (C=O) groups is 2. The Morgan fingerprint density at radius 2 is 2.10 bits per heavy atom. The van der Waals surface area contributed by atoms with Crippen LogP contribution in [0.25, 0.3) is 0 Å². The SMILES string of the molecule is CC[C@H](C)NC(=O)CN1CCN([C@@H]2CCOC2=O)CC1. The second-order valence-electron chi connectivity index (χ2n) is 5.66. The van der Waals surface area contributed by atoms with Gasteiger partial charge in [0, 0.05) is 38.6 Å². The standard InChI is InChI=1S/C14H25N3O3/c1-3-11(2)15-13(18)10-16-5-7-17(8-6-16)12-4-9-20-14(12)19/h11-12H,3-10H2,1-2H3,(H,15,18)/t11-,12+/m0/s1. The maximum absolute atomic E-state index is 11.8. The van der Waals surface area contributed by atoms with Gasteiger partial charge in [0.05, 0.1) is 13.2 Å². The molecule has 6 heteroatoms. The van der Waals surface area contributed by atoms with Crippen molar-refractivity contribution in [1.82, 2.24) is 15.1 Å². The fourth-order valence-corrected chi connectivity index (χ4v) is 2.68. The van der Waals surface area contributed by atoms with Crippen LogP contribution < -0.4 is 5.32 Å². The minimum atomic E-state index is -0.0898. The van der Waals surface area contributed by atoms with Gasteiger partial charge in [0.25, 0.3) is 0 Å². The van der Waals surface area contributed by atoms with Crippen LogP contribution in [0.2, 0.25) is 0 Å². The molecule has 114 valence electrons. The summed E-state index contributed by atoms with van der Waals surface area (Å²) in [6.45, 7) is 8.39. The van der Waals surface area contributed by atoms with E-state index in [1.807, 2.05) is 6.92 Å². The lowest BCUT2D eigenvalue weighted by Gasteiger charge is -2.36. The lowest BCUT2D eigenvalue weighted by Crippen LogP contribution is -2.53. The number of cyclic esters (lactones) is 1. The highest BCUT2D eigenvalue weighted by atomic mass is 16.5. The van der Waals surface area contributed by atoms with E-state index in [1.54, 1.807) is 0 Å². The molecule has 2 aliphatic heterocycles. The molecule has 0 bridgehead atoms. The van der Waals surface area contributed by atoms with Crippen molar-refractivity contribution in [3.05, 3.63) is 0 Å². The second-order valence-corrected chi connectivity index (χ2v) is 5.66. The Morgan fingerprint density at radius 3 is 2.65 bits per heavy atom. The van der Waals surface area contributed by atoms with Crippen molar-refractivity contribution in [2.45, 2.75) is 38.8 Å². The van der Waals surface area contributed by atoms with Gasteiger partial charge in [0.1, 0.15) is 6.04 Å². The van der Waals surface area contributed by atoms with Crippen LogP contribution in [0.3, 0.4) is 0 Å². The molecule has 0 saturated carbocycles. The third-order valence-corrected chi connectivity index (χ3v) is 4.14. The summed E-state index contributed by atoms with van der Waals surface area (Å²) in [5, 5.41) is 2.98. The zero-order valence-electron chi connectivity index (χ0n) is 12.4. The molecule has 0 aliphatic carbocycles. The summed E-state index contributed by atoms with van der Waals surface area (Å²) in [6.07, 6.45) is 1.75. The van der Waals surface area contributed by atoms with Crippen molar-refractivity contribution < 1.29 is 14.3 Å². The first-order chi connectivity index (χ1) is 9.60. The van der Waals surface area contributed by atoms with Gasteiger partial charge < -0.3 is 10.1 Å². The largest absolute Gasteiger partial charge is 0.464 e. The Kier molecular flexibility index (Phi) is 5.37. The van der Waals surface area contributed by atoms with Crippen LogP contribution >= 0.6 is 0 Å². The summed E-state index contributed by atoms with van der Waals surface area (Å²) in [5.41, 5.74) is 0. The Labute approximate surface area is 120 Å². The summed E-state index contributed by atoms with van der Waals surface area (Å²) in [5.74, 6) is 0.000963. The quantitative estimate of drug-likeness (QED) is 0.710. The second kappa shape index (κ2) is 7.04. The van der Waals surface area contributed by atoms with Gasteiger partial charge in [-0.1, -0.05) is 6.92 Å². The zero-order chi connectivity index (χ0) is 14.5. The van der Waals surface area contributed by atoms with Crippen LogP contribution in [0.4, 0.5) is 0 Å². The Hall–Kier alpha value is -1.14. The topological polar surface area (TPSA) is 61.9 Å². The highest BCUT2D eigenvalue weighted by Crippen LogP contribution is 2.16. The number of nitrogens with one attached hydrogen (secondary N) is 1. The molecule has 6 nitrogen and oxygen atoms in total. The Morgan fingerprint density at radius 1 is 1.40 bits per heavy atom. The molecule has 0 radical (unpaired) electrons. The molecule has 2 aliphatic rings. The Bertz CT molecular complexity index is 354. The summed E-state index contributed by atoms with van der Waals surface area (Å²) in [7, 11) is 0. The summed E-state index contributed by atoms with van der Waals surface area (Å²) < 4.78 is 5.01. The van der Waals surface area contributed by atoms with Gasteiger partial charge in [0.15, 0.2) is 0 Å². The lowest BCUT2D eigenvalue weighted by molar-refractivity contribution is -0.143. The molecule has 0 spiro atoms. The average molecular weight is 283 g/mol. The van der Waals surface area contributed by atoms with Crippen LogP contribution in [-0.4, -0.2) is 73.1 Å². The van der Waals surface area contributed by atoms with E-state index in [4.69, 9.17) is 4.74 Å². The molecular formula is C14H25N3O3. The van der Waals surface area contributed by atoms with E-state index in [0.29, 0.717) is 13.2 Å². The third-order valence-electron chi connectivity index (χ3n) is 4.14. The maximum Gasteiger partial charge on any atom is 0.323 e. The normalized spacial score (nSPS) is 26.3. The van der Waals surface area contributed by atoms with E-state index in [-0.39, 0.29) is 24.0 Å². The predicted octanol–water partition coefficient (Wildman–Crippen LogP) is -0.166. The number of esters is 1. The van der Waals surface area contributed by atoms with Gasteiger partial charge in [-0.25, -0.2) is 0 Å². The summed E-state index contributed by atoms with van der Waals surface area (Å²) >= 11 is 0. The molecule has 0 aromatic rings. The van der Waals surface area contributed by atoms with Gasteiger partial charge in [-0.05, 0) is 13.3 Å². The molecule has 2 atom stereocenters. The molecule has 0 aromatic carbocycles. The van der Waals surface area contributed by atoms with Crippen LogP contribution in [-0.2, 0) is 14.3 Å². The van der Waals surface area contributed by atoms with Crippen molar-refractivity contribution in [3.63, 3.8) is 0 Å². The van der Waals surface area contributed by atoms with E-state index in [0.717, 1.165) is 39.0 Å². The fourth-order valence-electron chi connectivity index (χ4n) is 2.68. The van der Waals surface area contributed by atoms with E-state index in [1.165, 1.54) is 0 Å². The van der Waals surface area contributed by atoms with Gasteiger partial charge in [-0.15, -0.1) is 0 Å². The number of piperazine rings is 1. The molecule has 2 saturated heterocycles. The predicted molar refractivity (Wildman–Crippen MR) is 75.3 cm³/mol. The Balaban J connectivity index is 1.71. The van der Waals surface area contributed by atoms with Crippen LogP contribution in [0.15, 0.2) is 0 Å². The molecule has 1 amide bonds. The van der Waals surface area contributed by atoms with Gasteiger partial charge in [0.2, 0.25) is 5.91 Å². The first kappa shape index (κ1) is 15.3. The number of ether oxygens (including phenoxy) is 1. The van der Waals surface area contributed by atoms with Crippen molar-refractivity contribution >= 4 is 11.9 Å². The smallest absolute Gasteiger partial charge is 0.323 e.